The molecule has 25 heavy (non-hydrogen) atoms. The molecule has 2 heterocycles. The van der Waals surface area contributed by atoms with Crippen LogP contribution >= 0.6 is 11.3 Å². The molecule has 0 aliphatic rings. The fourth-order valence-corrected chi connectivity index (χ4v) is 3.26. The van der Waals surface area contributed by atoms with Gasteiger partial charge in [0, 0.05) is 36.8 Å². The summed E-state index contributed by atoms with van der Waals surface area (Å²) in [6, 6.07) is 0.783. The van der Waals surface area contributed by atoms with Crippen molar-refractivity contribution >= 4 is 17.2 Å². The van der Waals surface area contributed by atoms with Gasteiger partial charge in [-0.15, -0.1) is 11.3 Å². The van der Waals surface area contributed by atoms with Crippen molar-refractivity contribution in [2.24, 2.45) is 0 Å². The number of nitrogens with one attached hydrogen (secondary N) is 2. The number of carbonyl (C=O) groups excluding carboxylic acids is 1. The maximum Gasteiger partial charge on any atom is 0.264 e. The van der Waals surface area contributed by atoms with Crippen molar-refractivity contribution < 1.29 is 4.79 Å². The van der Waals surface area contributed by atoms with Crippen molar-refractivity contribution in [2.45, 2.75) is 46.7 Å². The number of aromatic nitrogens is 3. The van der Waals surface area contributed by atoms with Crippen LogP contribution in [0.1, 0.15) is 43.1 Å². The molecule has 1 amide bonds. The third kappa shape index (κ3) is 4.96. The van der Waals surface area contributed by atoms with E-state index in [0.29, 0.717) is 30.1 Å². The van der Waals surface area contributed by atoms with Gasteiger partial charge in [-0.2, -0.15) is 0 Å². The molecule has 0 spiro atoms. The second-order valence-corrected chi connectivity index (χ2v) is 7.47. The van der Waals surface area contributed by atoms with Crippen molar-refractivity contribution in [3.05, 3.63) is 32.5 Å². The van der Waals surface area contributed by atoms with Gasteiger partial charge in [-0.3, -0.25) is 14.5 Å². The summed E-state index contributed by atoms with van der Waals surface area (Å²) in [7, 11) is 0. The van der Waals surface area contributed by atoms with Crippen LogP contribution in [0.15, 0.2) is 16.4 Å². The molecule has 0 aliphatic carbocycles. The normalized spacial score (nSPS) is 11.5. The molecular formula is C17H25N5O2S. The lowest BCUT2D eigenvalue weighted by molar-refractivity contribution is 0.0937. The summed E-state index contributed by atoms with van der Waals surface area (Å²) in [6.45, 7) is 11.6. The van der Waals surface area contributed by atoms with E-state index in [1.165, 1.54) is 17.5 Å². The second kappa shape index (κ2) is 8.35. The highest BCUT2D eigenvalue weighted by Gasteiger charge is 2.16. The molecule has 0 saturated carbocycles. The quantitative estimate of drug-likeness (QED) is 0.786. The fourth-order valence-electron chi connectivity index (χ4n) is 2.67. The molecule has 0 unspecified atom stereocenters. The number of hydrogen-bond acceptors (Lipinski definition) is 6. The molecule has 8 heteroatoms. The zero-order valence-corrected chi connectivity index (χ0v) is 16.1. The first kappa shape index (κ1) is 19.3. The zero-order chi connectivity index (χ0) is 18.6. The van der Waals surface area contributed by atoms with Gasteiger partial charge in [-0.1, -0.05) is 0 Å². The summed E-state index contributed by atoms with van der Waals surface area (Å²) in [5.41, 5.74) is 0.158. The van der Waals surface area contributed by atoms with E-state index < -0.39 is 11.5 Å². The lowest BCUT2D eigenvalue weighted by atomic mass is 10.2. The van der Waals surface area contributed by atoms with E-state index in [2.05, 4.69) is 52.9 Å². The van der Waals surface area contributed by atoms with Crippen LogP contribution in [0, 0.1) is 6.92 Å². The molecule has 0 aromatic carbocycles. The first-order valence-corrected chi connectivity index (χ1v) is 9.23. The molecular weight excluding hydrogens is 338 g/mol. The summed E-state index contributed by atoms with van der Waals surface area (Å²) in [5, 5.41) is 5.50. The van der Waals surface area contributed by atoms with Gasteiger partial charge >= 0.3 is 0 Å². The van der Waals surface area contributed by atoms with E-state index in [0.717, 1.165) is 11.6 Å². The van der Waals surface area contributed by atoms with Gasteiger partial charge in [0.1, 0.15) is 11.3 Å². The van der Waals surface area contributed by atoms with E-state index in [-0.39, 0.29) is 5.56 Å². The summed E-state index contributed by atoms with van der Waals surface area (Å²) in [4.78, 5) is 37.8. The van der Waals surface area contributed by atoms with Gasteiger partial charge < -0.3 is 10.3 Å². The molecule has 0 fully saturated rings. The molecule has 2 aromatic rings. The number of H-pyrrole nitrogens is 1. The maximum atomic E-state index is 12.2. The van der Waals surface area contributed by atoms with E-state index in [1.54, 1.807) is 0 Å². The molecule has 0 saturated heterocycles. The third-order valence-electron chi connectivity index (χ3n) is 3.89. The Morgan fingerprint density at radius 3 is 2.52 bits per heavy atom. The molecule has 2 aromatic heterocycles. The third-order valence-corrected chi connectivity index (χ3v) is 4.66. The Morgan fingerprint density at radius 1 is 1.32 bits per heavy atom. The van der Waals surface area contributed by atoms with E-state index in [4.69, 9.17) is 0 Å². The van der Waals surface area contributed by atoms with Crippen LogP contribution in [-0.4, -0.2) is 50.9 Å². The van der Waals surface area contributed by atoms with Crippen LogP contribution in [-0.2, 0) is 0 Å². The highest BCUT2D eigenvalue weighted by molar-refractivity contribution is 7.09. The average Bonchev–Trinajstić information content (AvgIpc) is 2.97. The lowest BCUT2D eigenvalue weighted by Gasteiger charge is -2.30. The highest BCUT2D eigenvalue weighted by atomic mass is 32.1. The smallest absolute Gasteiger partial charge is 0.264 e. The van der Waals surface area contributed by atoms with Crippen LogP contribution in [0.4, 0.5) is 0 Å². The first-order chi connectivity index (χ1) is 11.8. The number of rotatable bonds is 7. The van der Waals surface area contributed by atoms with Crippen molar-refractivity contribution in [3.63, 3.8) is 0 Å². The van der Waals surface area contributed by atoms with Gasteiger partial charge in [0.05, 0.1) is 5.01 Å². The van der Waals surface area contributed by atoms with Gasteiger partial charge in [0.25, 0.3) is 11.5 Å². The number of nitrogens with zero attached hydrogens (tertiary/aromatic N) is 3. The molecule has 2 rings (SSSR count). The number of thiazole rings is 1. The highest BCUT2D eigenvalue weighted by Crippen LogP contribution is 2.16. The second-order valence-electron chi connectivity index (χ2n) is 6.41. The zero-order valence-electron chi connectivity index (χ0n) is 15.3. The van der Waals surface area contributed by atoms with Crippen molar-refractivity contribution in [1.82, 2.24) is 25.2 Å². The summed E-state index contributed by atoms with van der Waals surface area (Å²) in [5.74, 6) is -0.0427. The summed E-state index contributed by atoms with van der Waals surface area (Å²) < 4.78 is 0. The van der Waals surface area contributed by atoms with Crippen LogP contribution in [0.2, 0.25) is 0 Å². The van der Waals surface area contributed by atoms with Gasteiger partial charge in [0.2, 0.25) is 0 Å². The average molecular weight is 363 g/mol. The fraction of sp³-hybridized carbons (Fsp3) is 0.529. The Labute approximate surface area is 151 Å². The number of carbonyl (C=O) groups is 1. The van der Waals surface area contributed by atoms with E-state index >= 15 is 0 Å². The molecule has 7 nitrogen and oxygen atoms in total. The van der Waals surface area contributed by atoms with Crippen LogP contribution in [0.3, 0.4) is 0 Å². The minimum absolute atomic E-state index is 0.0105. The Kier molecular flexibility index (Phi) is 6.44. The molecule has 2 N–H and O–H groups in total. The summed E-state index contributed by atoms with van der Waals surface area (Å²) >= 11 is 1.48. The van der Waals surface area contributed by atoms with Crippen molar-refractivity contribution in [3.8, 4) is 11.5 Å². The van der Waals surface area contributed by atoms with Gasteiger partial charge in [0.15, 0.2) is 5.82 Å². The van der Waals surface area contributed by atoms with Crippen molar-refractivity contribution in [2.75, 3.05) is 13.1 Å². The Bertz CT molecular complexity index is 773. The number of amides is 1. The van der Waals surface area contributed by atoms with E-state index in [9.17, 15) is 9.59 Å². The van der Waals surface area contributed by atoms with Crippen LogP contribution in [0.25, 0.3) is 11.5 Å². The summed E-state index contributed by atoms with van der Waals surface area (Å²) in [6.07, 6.45) is 1.31. The SMILES string of the molecule is Cc1nc(-c2ncc(C(=O)NCCN(C(C)C)C(C)C)c(=O)[nH]2)cs1. The van der Waals surface area contributed by atoms with Crippen molar-refractivity contribution in [1.29, 1.82) is 0 Å². The Hall–Kier alpha value is -2.06. The first-order valence-electron chi connectivity index (χ1n) is 8.35. The predicted octanol–water partition coefficient (Wildman–Crippen LogP) is 2.05. The topological polar surface area (TPSA) is 91.0 Å². The van der Waals surface area contributed by atoms with Gasteiger partial charge in [-0.05, 0) is 34.6 Å². The largest absolute Gasteiger partial charge is 0.351 e. The molecule has 0 bridgehead atoms. The van der Waals surface area contributed by atoms with Gasteiger partial charge in [-0.25, -0.2) is 9.97 Å². The van der Waals surface area contributed by atoms with Crippen LogP contribution in [0.5, 0.6) is 0 Å². The Morgan fingerprint density at radius 2 is 2.00 bits per heavy atom. The number of hydrogen-bond donors (Lipinski definition) is 2. The van der Waals surface area contributed by atoms with E-state index in [1.807, 2.05) is 12.3 Å². The maximum absolute atomic E-state index is 12.2. The minimum atomic E-state index is -0.460. The minimum Gasteiger partial charge on any atom is -0.351 e. The predicted molar refractivity (Wildman–Crippen MR) is 100 cm³/mol. The molecule has 0 aliphatic heterocycles. The molecule has 0 atom stereocenters. The molecule has 136 valence electrons. The number of aryl methyl sites for hydroxylation is 1. The molecule has 0 radical (unpaired) electrons. The van der Waals surface area contributed by atoms with Crippen LogP contribution < -0.4 is 10.9 Å². The lowest BCUT2D eigenvalue weighted by Crippen LogP contribution is -2.43. The monoisotopic (exact) mass is 363 g/mol. The standard InChI is InChI=1S/C17H25N5O2S/c1-10(2)22(11(3)4)7-6-18-16(23)13-8-19-15(21-17(13)24)14-9-25-12(5)20-14/h8-11H,6-7H2,1-5H3,(H,18,23)(H,19,21,24). The Balaban J connectivity index is 2.01. The number of aromatic amines is 1.